The molecule has 1 heterocycles. The van der Waals surface area contributed by atoms with Crippen LogP contribution in [0.5, 0.6) is 5.75 Å². The van der Waals surface area contributed by atoms with Crippen LogP contribution in [0.3, 0.4) is 0 Å². The molecule has 94 valence electrons. The summed E-state index contributed by atoms with van der Waals surface area (Å²) in [5, 5.41) is 3.21. The Kier molecular flexibility index (Phi) is 3.41. The molecule has 2 rings (SSSR count). The lowest BCUT2D eigenvalue weighted by Gasteiger charge is -2.28. The van der Waals surface area contributed by atoms with Crippen molar-refractivity contribution in [1.29, 1.82) is 0 Å². The molecule has 1 atom stereocenters. The molecule has 1 saturated heterocycles. The molecule has 0 spiro atoms. The second-order valence-electron chi connectivity index (χ2n) is 4.42. The van der Waals surface area contributed by atoms with E-state index >= 15 is 0 Å². The van der Waals surface area contributed by atoms with Crippen LogP contribution in [0.1, 0.15) is 25.3 Å². The molecular formula is C12H14BrF2NO. The minimum Gasteiger partial charge on any atom is -0.493 e. The highest BCUT2D eigenvalue weighted by Crippen LogP contribution is 2.41. The van der Waals surface area contributed by atoms with Gasteiger partial charge in [-0.05, 0) is 48.3 Å². The van der Waals surface area contributed by atoms with Crippen molar-refractivity contribution in [3.63, 3.8) is 0 Å². The van der Waals surface area contributed by atoms with E-state index in [9.17, 15) is 8.78 Å². The van der Waals surface area contributed by atoms with Gasteiger partial charge in [-0.3, -0.25) is 0 Å². The van der Waals surface area contributed by atoms with Crippen molar-refractivity contribution in [2.45, 2.75) is 25.3 Å². The minimum absolute atomic E-state index is 0.0115. The smallest absolute Gasteiger partial charge is 0.166 e. The third-order valence-electron chi connectivity index (χ3n) is 3.25. The predicted molar refractivity (Wildman–Crippen MR) is 65.2 cm³/mol. The Morgan fingerprint density at radius 2 is 2.18 bits per heavy atom. The van der Waals surface area contributed by atoms with E-state index in [1.54, 1.807) is 0 Å². The fraction of sp³-hybridized carbons (Fsp3) is 0.500. The number of nitrogens with one attached hydrogen (secondary N) is 1. The average Bonchev–Trinajstić information content (AvgIpc) is 2.71. The van der Waals surface area contributed by atoms with E-state index in [2.05, 4.69) is 21.2 Å². The standard InChI is InChI=1S/C12H14BrF2NO/c1-12(4-3-5-16-12)9-10(15)7(13)6-8(14)11(9)17-2/h6,16H,3-5H2,1-2H3. The molecule has 1 aliphatic rings. The van der Waals surface area contributed by atoms with Gasteiger partial charge in [-0.2, -0.15) is 0 Å². The van der Waals surface area contributed by atoms with Gasteiger partial charge in [0.05, 0.1) is 17.1 Å². The Morgan fingerprint density at radius 3 is 2.71 bits per heavy atom. The molecule has 0 saturated carbocycles. The average molecular weight is 306 g/mol. The third-order valence-corrected chi connectivity index (χ3v) is 3.83. The van der Waals surface area contributed by atoms with Gasteiger partial charge in [0.2, 0.25) is 0 Å². The van der Waals surface area contributed by atoms with Crippen LogP contribution in [0.15, 0.2) is 10.5 Å². The highest BCUT2D eigenvalue weighted by atomic mass is 79.9. The van der Waals surface area contributed by atoms with E-state index in [4.69, 9.17) is 4.74 Å². The molecule has 1 unspecified atom stereocenters. The Balaban J connectivity index is 2.65. The summed E-state index contributed by atoms with van der Waals surface area (Å²) in [5.74, 6) is -1.02. The topological polar surface area (TPSA) is 21.3 Å². The van der Waals surface area contributed by atoms with Gasteiger partial charge in [-0.1, -0.05) is 0 Å². The molecule has 0 aromatic heterocycles. The summed E-state index contributed by atoms with van der Waals surface area (Å²) < 4.78 is 33.1. The maximum absolute atomic E-state index is 14.2. The Labute approximate surface area is 107 Å². The number of hydrogen-bond acceptors (Lipinski definition) is 2. The van der Waals surface area contributed by atoms with Crippen LogP contribution in [-0.4, -0.2) is 13.7 Å². The SMILES string of the molecule is COc1c(F)cc(Br)c(F)c1C1(C)CCCN1. The minimum atomic E-state index is -0.569. The molecule has 1 aliphatic heterocycles. The molecule has 1 aromatic rings. The van der Waals surface area contributed by atoms with E-state index in [0.29, 0.717) is 0 Å². The Morgan fingerprint density at radius 1 is 1.47 bits per heavy atom. The van der Waals surface area contributed by atoms with Crippen LogP contribution < -0.4 is 10.1 Å². The maximum Gasteiger partial charge on any atom is 0.166 e. The van der Waals surface area contributed by atoms with Gasteiger partial charge >= 0.3 is 0 Å². The number of rotatable bonds is 2. The molecule has 1 fully saturated rings. The van der Waals surface area contributed by atoms with Crippen LogP contribution in [0.2, 0.25) is 0 Å². The molecule has 2 nitrogen and oxygen atoms in total. The highest BCUT2D eigenvalue weighted by Gasteiger charge is 2.37. The maximum atomic E-state index is 14.2. The summed E-state index contributed by atoms with van der Waals surface area (Å²) >= 11 is 3.03. The van der Waals surface area contributed by atoms with Crippen LogP contribution in [0, 0.1) is 11.6 Å². The zero-order valence-corrected chi connectivity index (χ0v) is 11.3. The van der Waals surface area contributed by atoms with Crippen LogP contribution in [0.4, 0.5) is 8.78 Å². The number of halogens is 3. The first-order valence-corrected chi connectivity index (χ1v) is 6.26. The number of benzene rings is 1. The Bertz CT molecular complexity index is 445. The fourth-order valence-corrected chi connectivity index (χ4v) is 2.78. The van der Waals surface area contributed by atoms with Gasteiger partial charge in [-0.25, -0.2) is 8.78 Å². The fourth-order valence-electron chi connectivity index (χ4n) is 2.38. The van der Waals surface area contributed by atoms with Gasteiger partial charge < -0.3 is 10.1 Å². The molecule has 0 amide bonds. The van der Waals surface area contributed by atoms with E-state index in [-0.39, 0.29) is 15.8 Å². The Hall–Kier alpha value is -0.680. The summed E-state index contributed by atoms with van der Waals surface area (Å²) in [5.41, 5.74) is -0.301. The molecule has 5 heteroatoms. The summed E-state index contributed by atoms with van der Waals surface area (Å²) in [6.07, 6.45) is 1.70. The third kappa shape index (κ3) is 2.06. The first-order chi connectivity index (χ1) is 7.99. The second-order valence-corrected chi connectivity index (χ2v) is 5.28. The quantitative estimate of drug-likeness (QED) is 0.846. The van der Waals surface area contributed by atoms with Crippen molar-refractivity contribution >= 4 is 15.9 Å². The van der Waals surface area contributed by atoms with Crippen molar-refractivity contribution in [2.75, 3.05) is 13.7 Å². The largest absolute Gasteiger partial charge is 0.493 e. The molecule has 1 aromatic carbocycles. The van der Waals surface area contributed by atoms with Gasteiger partial charge in [0.1, 0.15) is 5.82 Å². The first kappa shape index (κ1) is 12.8. The van der Waals surface area contributed by atoms with Gasteiger partial charge in [-0.15, -0.1) is 0 Å². The van der Waals surface area contributed by atoms with Crippen LogP contribution in [-0.2, 0) is 5.54 Å². The van der Waals surface area contributed by atoms with Gasteiger partial charge in [0, 0.05) is 5.54 Å². The molecular weight excluding hydrogens is 292 g/mol. The monoisotopic (exact) mass is 305 g/mol. The molecule has 0 radical (unpaired) electrons. The summed E-state index contributed by atoms with van der Waals surface area (Å²) in [4.78, 5) is 0. The van der Waals surface area contributed by atoms with Gasteiger partial charge in [0.15, 0.2) is 11.6 Å². The zero-order chi connectivity index (χ0) is 12.6. The van der Waals surface area contributed by atoms with Crippen molar-refractivity contribution in [1.82, 2.24) is 5.32 Å². The molecule has 17 heavy (non-hydrogen) atoms. The van der Waals surface area contributed by atoms with Crippen molar-refractivity contribution in [3.05, 3.63) is 27.7 Å². The normalized spacial score (nSPS) is 24.1. The molecule has 0 aliphatic carbocycles. The highest BCUT2D eigenvalue weighted by molar-refractivity contribution is 9.10. The van der Waals surface area contributed by atoms with E-state index < -0.39 is 17.2 Å². The lowest BCUT2D eigenvalue weighted by Crippen LogP contribution is -2.35. The predicted octanol–water partition coefficient (Wildman–Crippen LogP) is 3.33. The number of hydrogen-bond donors (Lipinski definition) is 1. The van der Waals surface area contributed by atoms with Crippen molar-refractivity contribution in [3.8, 4) is 5.75 Å². The summed E-state index contributed by atoms with van der Waals surface area (Å²) in [7, 11) is 1.35. The lowest BCUT2D eigenvalue weighted by atomic mass is 9.89. The van der Waals surface area contributed by atoms with E-state index in [1.165, 1.54) is 7.11 Å². The van der Waals surface area contributed by atoms with Crippen LogP contribution >= 0.6 is 15.9 Å². The zero-order valence-electron chi connectivity index (χ0n) is 9.74. The van der Waals surface area contributed by atoms with E-state index in [0.717, 1.165) is 25.5 Å². The van der Waals surface area contributed by atoms with Crippen LogP contribution in [0.25, 0.3) is 0 Å². The number of ether oxygens (including phenoxy) is 1. The summed E-state index contributed by atoms with van der Waals surface area (Å²) in [6.45, 7) is 2.67. The second kappa shape index (κ2) is 4.53. The van der Waals surface area contributed by atoms with E-state index in [1.807, 2.05) is 6.92 Å². The lowest BCUT2D eigenvalue weighted by molar-refractivity contribution is 0.337. The molecule has 0 bridgehead atoms. The molecule has 1 N–H and O–H groups in total. The number of methoxy groups -OCH3 is 1. The summed E-state index contributed by atoms with van der Waals surface area (Å²) in [6, 6.07) is 1.09. The first-order valence-electron chi connectivity index (χ1n) is 5.46. The van der Waals surface area contributed by atoms with Crippen molar-refractivity contribution < 1.29 is 13.5 Å². The van der Waals surface area contributed by atoms with Crippen molar-refractivity contribution in [2.24, 2.45) is 0 Å². The van der Waals surface area contributed by atoms with Gasteiger partial charge in [0.25, 0.3) is 0 Å².